The van der Waals surface area contributed by atoms with Gasteiger partial charge in [0.2, 0.25) is 0 Å². The van der Waals surface area contributed by atoms with Crippen molar-refractivity contribution < 1.29 is 22.8 Å². The Morgan fingerprint density at radius 2 is 1.72 bits per heavy atom. The lowest BCUT2D eigenvalue weighted by atomic mass is 10.0. The number of alkyl halides is 1. The molecule has 0 aromatic heterocycles. The average Bonchev–Trinajstić information content (AvgIpc) is 2.73. The molecule has 0 amide bonds. The predicted octanol–water partition coefficient (Wildman–Crippen LogP) is 3.88. The van der Waals surface area contributed by atoms with Gasteiger partial charge >= 0.3 is 0 Å². The van der Waals surface area contributed by atoms with E-state index in [1.54, 1.807) is 48.6 Å². The van der Waals surface area contributed by atoms with Gasteiger partial charge in [0, 0.05) is 18.0 Å². The van der Waals surface area contributed by atoms with Gasteiger partial charge < -0.3 is 4.74 Å². The summed E-state index contributed by atoms with van der Waals surface area (Å²) in [5, 5.41) is 10.2. The molecule has 1 aromatic rings. The summed E-state index contributed by atoms with van der Waals surface area (Å²) in [4.78, 5) is 0.0134. The van der Waals surface area contributed by atoms with E-state index in [4.69, 9.17) is 4.74 Å². The summed E-state index contributed by atoms with van der Waals surface area (Å²) in [5.41, 5.74) is 1.76. The van der Waals surface area contributed by atoms with Gasteiger partial charge in [0.1, 0.15) is 19.0 Å². The van der Waals surface area contributed by atoms with Crippen molar-refractivity contribution in [2.45, 2.75) is 4.90 Å². The predicted molar refractivity (Wildman–Crippen MR) is 109 cm³/mol. The Bertz CT molecular complexity index is 1050. The number of hydrogen-bond acceptors (Lipinski definition) is 5. The molecule has 150 valence electrons. The van der Waals surface area contributed by atoms with E-state index in [1.165, 1.54) is 36.7 Å². The smallest absolute Gasteiger partial charge is 0.282 e. The van der Waals surface area contributed by atoms with Crippen LogP contribution >= 0.6 is 0 Å². The molecule has 0 saturated heterocycles. The molecule has 0 radical (unpaired) electrons. The Labute approximate surface area is 168 Å². The number of benzene rings is 1. The molecule has 1 aliphatic carbocycles. The van der Waals surface area contributed by atoms with Crippen LogP contribution in [-0.4, -0.2) is 37.7 Å². The van der Waals surface area contributed by atoms with Crippen molar-refractivity contribution >= 4 is 15.7 Å². The molecule has 1 aliphatic heterocycles. The maximum Gasteiger partial charge on any atom is 0.282 e. The quantitative estimate of drug-likeness (QED) is 0.764. The fourth-order valence-corrected chi connectivity index (χ4v) is 3.50. The third-order valence-electron chi connectivity index (χ3n) is 3.92. The molecule has 0 spiro atoms. The van der Waals surface area contributed by atoms with Crippen molar-refractivity contribution in [1.29, 1.82) is 0 Å². The van der Waals surface area contributed by atoms with Crippen molar-refractivity contribution in [2.75, 3.05) is 13.3 Å². The zero-order valence-electron chi connectivity index (χ0n) is 15.3. The number of hydroxylamine groups is 2. The van der Waals surface area contributed by atoms with E-state index in [-0.39, 0.29) is 11.5 Å². The van der Waals surface area contributed by atoms with Crippen LogP contribution in [0.5, 0.6) is 5.75 Å². The molecule has 3 rings (SSSR count). The van der Waals surface area contributed by atoms with Gasteiger partial charge in [-0.25, -0.2) is 9.45 Å². The van der Waals surface area contributed by atoms with Crippen LogP contribution in [0.4, 0.5) is 4.39 Å². The van der Waals surface area contributed by atoms with Crippen LogP contribution in [0.2, 0.25) is 0 Å². The molecule has 6 nitrogen and oxygen atoms in total. The van der Waals surface area contributed by atoms with Crippen LogP contribution in [0, 0.1) is 0 Å². The lowest BCUT2D eigenvalue weighted by molar-refractivity contribution is 0.0105. The highest BCUT2D eigenvalue weighted by molar-refractivity contribution is 7.90. The number of ether oxygens (including phenoxy) is 1. The first-order valence-electron chi connectivity index (χ1n) is 8.72. The largest absolute Gasteiger partial charge is 0.491 e. The summed E-state index contributed by atoms with van der Waals surface area (Å²) in [6.07, 6.45) is 16.8. The molecular formula is C21H19FN2O4S. The monoisotopic (exact) mass is 414 g/mol. The van der Waals surface area contributed by atoms with E-state index in [2.05, 4.69) is 4.40 Å². The topological polar surface area (TPSA) is 79.2 Å². The van der Waals surface area contributed by atoms with Gasteiger partial charge in [0.15, 0.2) is 0 Å². The van der Waals surface area contributed by atoms with Gasteiger partial charge in [-0.05, 0) is 48.1 Å². The Balaban J connectivity index is 1.84. The maximum absolute atomic E-state index is 12.7. The average molecular weight is 414 g/mol. The molecule has 0 fully saturated rings. The molecule has 1 N–H and O–H groups in total. The van der Waals surface area contributed by atoms with E-state index in [0.717, 1.165) is 10.6 Å². The van der Waals surface area contributed by atoms with E-state index < -0.39 is 16.7 Å². The molecule has 8 heteroatoms. The molecule has 0 atom stereocenters. The van der Waals surface area contributed by atoms with Gasteiger partial charge in [0.25, 0.3) is 10.0 Å². The minimum absolute atomic E-state index is 0.0134. The summed E-state index contributed by atoms with van der Waals surface area (Å²) in [6.45, 7) is -0.710. The SMILES string of the molecule is O=S(=O)(/N=C1/C=CC=C/C1=C\C=C1C=CN(O)C=C1)c1ccc(OCCF)cc1. The summed E-state index contributed by atoms with van der Waals surface area (Å²) >= 11 is 0. The minimum Gasteiger partial charge on any atom is -0.491 e. The third kappa shape index (κ3) is 5.63. The van der Waals surface area contributed by atoms with Crippen molar-refractivity contribution in [1.82, 2.24) is 5.06 Å². The second-order valence-electron chi connectivity index (χ2n) is 5.98. The Morgan fingerprint density at radius 3 is 2.41 bits per heavy atom. The van der Waals surface area contributed by atoms with Crippen molar-refractivity contribution in [3.8, 4) is 5.75 Å². The Hall–Kier alpha value is -3.23. The highest BCUT2D eigenvalue weighted by atomic mass is 32.2. The van der Waals surface area contributed by atoms with Gasteiger partial charge in [0.05, 0.1) is 10.6 Å². The van der Waals surface area contributed by atoms with Crippen molar-refractivity contribution in [3.63, 3.8) is 0 Å². The van der Waals surface area contributed by atoms with Gasteiger partial charge in [-0.3, -0.25) is 5.21 Å². The van der Waals surface area contributed by atoms with E-state index in [1.807, 2.05) is 0 Å². The molecule has 0 unspecified atom stereocenters. The van der Waals surface area contributed by atoms with Crippen LogP contribution in [0.15, 0.2) is 106 Å². The van der Waals surface area contributed by atoms with E-state index in [9.17, 15) is 18.0 Å². The lowest BCUT2D eigenvalue weighted by Crippen LogP contribution is -2.07. The van der Waals surface area contributed by atoms with Crippen LogP contribution in [0.1, 0.15) is 0 Å². The zero-order chi connectivity index (χ0) is 20.7. The minimum atomic E-state index is -3.94. The first-order chi connectivity index (χ1) is 14.0. The molecule has 0 saturated carbocycles. The Morgan fingerprint density at radius 1 is 1.03 bits per heavy atom. The highest BCUT2D eigenvalue weighted by Gasteiger charge is 2.15. The lowest BCUT2D eigenvalue weighted by Gasteiger charge is -2.10. The van der Waals surface area contributed by atoms with E-state index in [0.29, 0.717) is 17.0 Å². The van der Waals surface area contributed by atoms with Gasteiger partial charge in [-0.1, -0.05) is 30.4 Å². The number of hydrogen-bond donors (Lipinski definition) is 1. The molecule has 29 heavy (non-hydrogen) atoms. The normalized spacial score (nSPS) is 18.7. The van der Waals surface area contributed by atoms with Crippen molar-refractivity contribution in [2.24, 2.45) is 4.40 Å². The maximum atomic E-state index is 12.7. The van der Waals surface area contributed by atoms with Crippen LogP contribution < -0.4 is 4.74 Å². The summed E-state index contributed by atoms with van der Waals surface area (Å²) in [5.74, 6) is 0.386. The summed E-state index contributed by atoms with van der Waals surface area (Å²) in [6, 6.07) is 5.68. The highest BCUT2D eigenvalue weighted by Crippen LogP contribution is 2.20. The second-order valence-corrected chi connectivity index (χ2v) is 7.58. The standard InChI is InChI=1S/C21H19FN2O4S/c22-13-16-28-19-7-9-20(10-8-19)29(26,27)23-21-4-2-1-3-18(21)6-5-17-11-14-24(25)15-12-17/h1-12,14-15,25H,13,16H2/b18-6+,23-21-. The second kappa shape index (κ2) is 9.31. The number of nitrogens with zero attached hydrogens (tertiary/aromatic N) is 2. The number of sulfonamides is 1. The molecular weight excluding hydrogens is 395 g/mol. The van der Waals surface area contributed by atoms with Gasteiger partial charge in [-0.2, -0.15) is 12.8 Å². The van der Waals surface area contributed by atoms with Crippen LogP contribution in [0.25, 0.3) is 0 Å². The van der Waals surface area contributed by atoms with Gasteiger partial charge in [-0.15, -0.1) is 0 Å². The fraction of sp³-hybridized carbons (Fsp3) is 0.0952. The molecule has 2 aliphatic rings. The summed E-state index contributed by atoms with van der Waals surface area (Å²) < 4.78 is 46.6. The number of halogens is 1. The molecule has 1 heterocycles. The summed E-state index contributed by atoms with van der Waals surface area (Å²) in [7, 11) is -3.94. The third-order valence-corrected chi connectivity index (χ3v) is 5.22. The van der Waals surface area contributed by atoms with Crippen LogP contribution in [0.3, 0.4) is 0 Å². The first kappa shape index (κ1) is 20.5. The van der Waals surface area contributed by atoms with E-state index >= 15 is 0 Å². The fourth-order valence-electron chi connectivity index (χ4n) is 2.49. The molecule has 1 aromatic carbocycles. The van der Waals surface area contributed by atoms with Crippen molar-refractivity contribution in [3.05, 3.63) is 96.4 Å². The number of allylic oxidation sites excluding steroid dienone is 10. The number of rotatable bonds is 6. The zero-order valence-corrected chi connectivity index (χ0v) is 16.2. The first-order valence-corrected chi connectivity index (χ1v) is 10.2. The Kier molecular flexibility index (Phi) is 6.58. The van der Waals surface area contributed by atoms with Crippen LogP contribution in [-0.2, 0) is 10.0 Å². The molecule has 0 bridgehead atoms.